The molecule has 1 N–H and O–H groups in total. The zero-order chi connectivity index (χ0) is 14.1. The van der Waals surface area contributed by atoms with E-state index in [9.17, 15) is 4.39 Å². The van der Waals surface area contributed by atoms with Crippen LogP contribution in [0.5, 0.6) is 0 Å². The van der Waals surface area contributed by atoms with Crippen LogP contribution in [0.1, 0.15) is 16.7 Å². The van der Waals surface area contributed by atoms with Gasteiger partial charge in [0.05, 0.1) is 5.69 Å². The number of nitrogens with zero attached hydrogens (tertiary/aromatic N) is 1. The molecule has 3 rings (SSSR count). The molecule has 3 heteroatoms. The van der Waals surface area contributed by atoms with Gasteiger partial charge in [-0.05, 0) is 48.2 Å². The largest absolute Gasteiger partial charge is 0.379 e. The topological polar surface area (TPSA) is 15.3 Å². The fourth-order valence-electron chi connectivity index (χ4n) is 2.70. The Morgan fingerprint density at radius 2 is 2.05 bits per heavy atom. The van der Waals surface area contributed by atoms with Crippen molar-refractivity contribution in [3.8, 4) is 0 Å². The highest BCUT2D eigenvalue weighted by molar-refractivity contribution is 5.59. The number of likely N-dealkylation sites (N-methyl/N-ethyl adjacent to an activating group) is 1. The maximum Gasteiger partial charge on any atom is 0.146 e. The van der Waals surface area contributed by atoms with Crippen molar-refractivity contribution in [2.45, 2.75) is 19.9 Å². The Morgan fingerprint density at radius 1 is 1.20 bits per heavy atom. The fraction of sp³-hybridized carbons (Fsp3) is 0.294. The molecule has 104 valence electrons. The van der Waals surface area contributed by atoms with Gasteiger partial charge in [0.15, 0.2) is 0 Å². The first kappa shape index (κ1) is 13.0. The third-order valence-electron chi connectivity index (χ3n) is 3.88. The highest BCUT2D eigenvalue weighted by Crippen LogP contribution is 2.27. The van der Waals surface area contributed by atoms with Gasteiger partial charge in [-0.3, -0.25) is 0 Å². The van der Waals surface area contributed by atoms with E-state index in [1.54, 1.807) is 6.07 Å². The number of halogens is 1. The first-order valence-corrected chi connectivity index (χ1v) is 6.96. The number of benzene rings is 2. The van der Waals surface area contributed by atoms with Gasteiger partial charge < -0.3 is 10.2 Å². The Labute approximate surface area is 119 Å². The van der Waals surface area contributed by atoms with Crippen molar-refractivity contribution in [1.82, 2.24) is 0 Å². The second-order valence-corrected chi connectivity index (χ2v) is 5.47. The molecule has 2 aromatic carbocycles. The molecule has 2 nitrogen and oxygen atoms in total. The number of nitrogens with one attached hydrogen (secondary N) is 1. The second-order valence-electron chi connectivity index (χ2n) is 5.47. The zero-order valence-electron chi connectivity index (χ0n) is 11.9. The smallest absolute Gasteiger partial charge is 0.146 e. The minimum Gasteiger partial charge on any atom is -0.379 e. The molecule has 1 aliphatic rings. The number of aryl methyl sites for hydroxylation is 1. The van der Waals surface area contributed by atoms with Gasteiger partial charge >= 0.3 is 0 Å². The Kier molecular flexibility index (Phi) is 3.35. The predicted molar refractivity (Wildman–Crippen MR) is 81.9 cm³/mol. The van der Waals surface area contributed by atoms with Gasteiger partial charge in [0.2, 0.25) is 0 Å². The molecule has 0 saturated heterocycles. The van der Waals surface area contributed by atoms with E-state index in [2.05, 4.69) is 35.5 Å². The lowest BCUT2D eigenvalue weighted by Gasteiger charge is -2.13. The van der Waals surface area contributed by atoms with E-state index in [0.717, 1.165) is 18.5 Å². The summed E-state index contributed by atoms with van der Waals surface area (Å²) in [7, 11) is 2.12. The molecule has 0 bridgehead atoms. The summed E-state index contributed by atoms with van der Waals surface area (Å²) in [6.07, 6.45) is 1.10. The summed E-state index contributed by atoms with van der Waals surface area (Å²) in [5, 5.41) is 3.18. The molecule has 0 radical (unpaired) electrons. The van der Waals surface area contributed by atoms with E-state index in [-0.39, 0.29) is 5.82 Å². The van der Waals surface area contributed by atoms with Crippen molar-refractivity contribution in [1.29, 1.82) is 0 Å². The molecular weight excluding hydrogens is 251 g/mol. The summed E-state index contributed by atoms with van der Waals surface area (Å²) in [5.74, 6) is -0.198. The molecule has 20 heavy (non-hydrogen) atoms. The lowest BCUT2D eigenvalue weighted by Crippen LogP contribution is -2.12. The van der Waals surface area contributed by atoms with Gasteiger partial charge in [-0.15, -0.1) is 0 Å². The molecule has 2 aromatic rings. The van der Waals surface area contributed by atoms with E-state index in [4.69, 9.17) is 0 Å². The molecule has 0 amide bonds. The van der Waals surface area contributed by atoms with Crippen LogP contribution in [0, 0.1) is 12.7 Å². The molecule has 0 unspecified atom stereocenters. The molecule has 0 atom stereocenters. The third kappa shape index (κ3) is 2.48. The van der Waals surface area contributed by atoms with Gasteiger partial charge in [-0.1, -0.05) is 18.2 Å². The molecular formula is C17H19FN2. The van der Waals surface area contributed by atoms with Crippen LogP contribution in [0.3, 0.4) is 0 Å². The van der Waals surface area contributed by atoms with E-state index in [1.165, 1.54) is 22.9 Å². The first-order valence-electron chi connectivity index (χ1n) is 6.96. The van der Waals surface area contributed by atoms with Crippen molar-refractivity contribution < 1.29 is 4.39 Å². The van der Waals surface area contributed by atoms with Crippen molar-refractivity contribution in [3.05, 3.63) is 58.9 Å². The van der Waals surface area contributed by atoms with Crippen LogP contribution < -0.4 is 10.2 Å². The summed E-state index contributed by atoms with van der Waals surface area (Å²) in [4.78, 5) is 2.27. The van der Waals surface area contributed by atoms with Crippen LogP contribution in [0.25, 0.3) is 0 Å². The minimum atomic E-state index is -0.198. The van der Waals surface area contributed by atoms with Crippen molar-refractivity contribution >= 4 is 11.4 Å². The Balaban J connectivity index is 1.74. The van der Waals surface area contributed by atoms with Crippen LogP contribution in [0.15, 0.2) is 36.4 Å². The van der Waals surface area contributed by atoms with Crippen LogP contribution in [-0.4, -0.2) is 13.6 Å². The SMILES string of the molecule is Cc1ccc(F)c(NCc2ccc3c(c2)CCN3C)c1. The van der Waals surface area contributed by atoms with E-state index in [1.807, 2.05) is 13.0 Å². The van der Waals surface area contributed by atoms with Crippen LogP contribution in [0.2, 0.25) is 0 Å². The molecule has 1 aliphatic heterocycles. The standard InChI is InChI=1S/C17H19FN2/c1-12-3-5-15(18)16(9-12)19-11-13-4-6-17-14(10-13)7-8-20(17)2/h3-6,9-10,19H,7-8,11H2,1-2H3. The summed E-state index contributed by atoms with van der Waals surface area (Å²) >= 11 is 0. The monoisotopic (exact) mass is 270 g/mol. The lowest BCUT2D eigenvalue weighted by atomic mass is 10.1. The van der Waals surface area contributed by atoms with Crippen LogP contribution in [-0.2, 0) is 13.0 Å². The Bertz CT molecular complexity index is 637. The summed E-state index contributed by atoms with van der Waals surface area (Å²) in [6.45, 7) is 3.70. The third-order valence-corrected chi connectivity index (χ3v) is 3.88. The van der Waals surface area contributed by atoms with E-state index >= 15 is 0 Å². The molecule has 0 spiro atoms. The fourth-order valence-corrected chi connectivity index (χ4v) is 2.70. The quantitative estimate of drug-likeness (QED) is 0.914. The van der Waals surface area contributed by atoms with Crippen LogP contribution in [0.4, 0.5) is 15.8 Å². The Hall–Kier alpha value is -2.03. The minimum absolute atomic E-state index is 0.198. The number of rotatable bonds is 3. The van der Waals surface area contributed by atoms with Crippen LogP contribution >= 0.6 is 0 Å². The number of hydrogen-bond acceptors (Lipinski definition) is 2. The van der Waals surface area contributed by atoms with Gasteiger partial charge in [0.1, 0.15) is 5.82 Å². The van der Waals surface area contributed by atoms with Gasteiger partial charge in [0.25, 0.3) is 0 Å². The summed E-state index contributed by atoms with van der Waals surface area (Å²) < 4.78 is 13.7. The first-order chi connectivity index (χ1) is 9.63. The number of hydrogen-bond donors (Lipinski definition) is 1. The lowest BCUT2D eigenvalue weighted by molar-refractivity contribution is 0.629. The van der Waals surface area contributed by atoms with Gasteiger partial charge in [-0.25, -0.2) is 4.39 Å². The predicted octanol–water partition coefficient (Wildman–Crippen LogP) is 3.74. The molecule has 0 aromatic heterocycles. The molecule has 0 fully saturated rings. The maximum absolute atomic E-state index is 13.7. The summed E-state index contributed by atoms with van der Waals surface area (Å²) in [5.41, 5.74) is 5.53. The normalized spacial score (nSPS) is 13.4. The van der Waals surface area contributed by atoms with E-state index in [0.29, 0.717) is 12.2 Å². The number of anilines is 2. The van der Waals surface area contributed by atoms with Crippen molar-refractivity contribution in [2.75, 3.05) is 23.8 Å². The van der Waals surface area contributed by atoms with Gasteiger partial charge in [-0.2, -0.15) is 0 Å². The highest BCUT2D eigenvalue weighted by Gasteiger charge is 2.15. The molecule has 0 aliphatic carbocycles. The Morgan fingerprint density at radius 3 is 2.90 bits per heavy atom. The maximum atomic E-state index is 13.7. The van der Waals surface area contributed by atoms with E-state index < -0.39 is 0 Å². The molecule has 1 heterocycles. The van der Waals surface area contributed by atoms with Crippen molar-refractivity contribution in [2.24, 2.45) is 0 Å². The number of fused-ring (bicyclic) bond motifs is 1. The molecule has 0 saturated carbocycles. The second kappa shape index (κ2) is 5.16. The van der Waals surface area contributed by atoms with Crippen molar-refractivity contribution in [3.63, 3.8) is 0 Å². The zero-order valence-corrected chi connectivity index (χ0v) is 11.9. The highest BCUT2D eigenvalue weighted by atomic mass is 19.1. The van der Waals surface area contributed by atoms with Gasteiger partial charge in [0, 0.05) is 25.8 Å². The average molecular weight is 270 g/mol. The summed E-state index contributed by atoms with van der Waals surface area (Å²) in [6, 6.07) is 11.6. The average Bonchev–Trinajstić information content (AvgIpc) is 2.81.